The zero-order valence-corrected chi connectivity index (χ0v) is 31.0. The van der Waals surface area contributed by atoms with Crippen LogP contribution in [-0.2, 0) is 32.6 Å². The molecule has 1 atom stereocenters. The molecule has 0 heterocycles. The Balaban J connectivity index is 1.88. The molecule has 0 fully saturated rings. The van der Waals surface area contributed by atoms with Crippen LogP contribution >= 0.6 is 27.5 Å². The molecule has 0 aliphatic carbocycles. The number of methoxy groups -OCH3 is 1. The van der Waals surface area contributed by atoms with Crippen molar-refractivity contribution in [2.24, 2.45) is 0 Å². The highest BCUT2D eigenvalue weighted by molar-refractivity contribution is 9.10. The van der Waals surface area contributed by atoms with Gasteiger partial charge in [0.15, 0.2) is 0 Å². The molecule has 0 radical (unpaired) electrons. The lowest BCUT2D eigenvalue weighted by atomic mass is 10.0. The summed E-state index contributed by atoms with van der Waals surface area (Å²) in [5.41, 5.74) is 1.28. The summed E-state index contributed by atoms with van der Waals surface area (Å²) in [4.78, 5) is 40.7. The first-order chi connectivity index (χ1) is 23.8. The standard InChI is InChI=1S/C36H38BrClN4O7S/c1-4-5-18-39-36(44)33(20-26-10-7-6-8-11-26)40(23-27-12-9-13-28(37)19-27)35(43)24-41(32-21-29(38)15-17-34(32)49-3)50(47,48)30-16-14-25(2)31(22-30)42(45)46/h6-17,19,21-22,33H,4-5,18,20,23-24H2,1-3H3,(H,39,44). The van der Waals surface area contributed by atoms with Gasteiger partial charge in [0.25, 0.3) is 15.7 Å². The van der Waals surface area contributed by atoms with Gasteiger partial charge in [-0.25, -0.2) is 8.42 Å². The summed E-state index contributed by atoms with van der Waals surface area (Å²) in [5, 5.41) is 14.9. The summed E-state index contributed by atoms with van der Waals surface area (Å²) < 4.78 is 36.0. The number of ether oxygens (including phenoxy) is 1. The summed E-state index contributed by atoms with van der Waals surface area (Å²) in [6, 6.07) is 23.3. The summed E-state index contributed by atoms with van der Waals surface area (Å²) in [7, 11) is -3.33. The van der Waals surface area contributed by atoms with Crippen LogP contribution in [0.15, 0.2) is 100 Å². The van der Waals surface area contributed by atoms with Crippen molar-refractivity contribution in [1.82, 2.24) is 10.2 Å². The minimum atomic E-state index is -4.67. The van der Waals surface area contributed by atoms with E-state index in [9.17, 15) is 28.1 Å². The van der Waals surface area contributed by atoms with Gasteiger partial charge in [0.1, 0.15) is 18.3 Å². The van der Waals surface area contributed by atoms with Crippen molar-refractivity contribution in [3.63, 3.8) is 0 Å². The molecule has 2 amide bonds. The molecular weight excluding hydrogens is 748 g/mol. The first-order valence-electron chi connectivity index (χ1n) is 15.8. The van der Waals surface area contributed by atoms with Gasteiger partial charge in [0.05, 0.1) is 22.6 Å². The Labute approximate surface area is 305 Å². The van der Waals surface area contributed by atoms with Crippen molar-refractivity contribution < 1.29 is 27.7 Å². The number of nitro groups is 1. The molecule has 0 spiro atoms. The third kappa shape index (κ3) is 9.61. The molecule has 0 saturated heterocycles. The van der Waals surface area contributed by atoms with Crippen LogP contribution in [0.2, 0.25) is 5.02 Å². The maximum absolute atomic E-state index is 14.7. The Morgan fingerprint density at radius 1 is 1.00 bits per heavy atom. The number of benzene rings is 4. The monoisotopic (exact) mass is 784 g/mol. The van der Waals surface area contributed by atoms with Crippen LogP contribution in [0, 0.1) is 17.0 Å². The third-order valence-electron chi connectivity index (χ3n) is 8.00. The number of aryl methyl sites for hydroxylation is 1. The number of nitrogens with zero attached hydrogens (tertiary/aromatic N) is 3. The molecule has 11 nitrogen and oxygen atoms in total. The van der Waals surface area contributed by atoms with Gasteiger partial charge < -0.3 is 15.0 Å². The molecule has 4 aromatic carbocycles. The van der Waals surface area contributed by atoms with Crippen molar-refractivity contribution in [2.45, 2.75) is 50.6 Å². The topological polar surface area (TPSA) is 139 Å². The highest BCUT2D eigenvalue weighted by Crippen LogP contribution is 2.36. The predicted octanol–water partition coefficient (Wildman–Crippen LogP) is 7.08. The number of sulfonamides is 1. The highest BCUT2D eigenvalue weighted by Gasteiger charge is 2.36. The van der Waals surface area contributed by atoms with Gasteiger partial charge >= 0.3 is 0 Å². The Morgan fingerprint density at radius 3 is 2.38 bits per heavy atom. The number of rotatable bonds is 16. The second kappa shape index (κ2) is 17.5. The summed E-state index contributed by atoms with van der Waals surface area (Å²) in [5.74, 6) is -1.01. The van der Waals surface area contributed by atoms with Crippen molar-refractivity contribution in [3.8, 4) is 5.75 Å². The lowest BCUT2D eigenvalue weighted by Crippen LogP contribution is -2.53. The van der Waals surface area contributed by atoms with E-state index in [1.54, 1.807) is 12.1 Å². The number of carbonyl (C=O) groups is 2. The Hall–Kier alpha value is -4.46. The first-order valence-corrected chi connectivity index (χ1v) is 18.4. The SMILES string of the molecule is CCCCNC(=O)C(Cc1ccccc1)N(Cc1cccc(Br)c1)C(=O)CN(c1cc(Cl)ccc1OC)S(=O)(=O)c1ccc(C)c([N+](=O)[O-])c1. The van der Waals surface area contributed by atoms with E-state index in [1.807, 2.05) is 49.4 Å². The number of hydrogen-bond donors (Lipinski definition) is 1. The van der Waals surface area contributed by atoms with Crippen LogP contribution in [-0.4, -0.2) is 56.3 Å². The average molecular weight is 786 g/mol. The minimum Gasteiger partial charge on any atom is -0.495 e. The maximum atomic E-state index is 14.7. The van der Waals surface area contributed by atoms with Gasteiger partial charge in [-0.3, -0.25) is 24.0 Å². The quantitative estimate of drug-likeness (QED) is 0.0728. The van der Waals surface area contributed by atoms with Crippen LogP contribution in [0.5, 0.6) is 5.75 Å². The van der Waals surface area contributed by atoms with Crippen molar-refractivity contribution in [3.05, 3.63) is 127 Å². The van der Waals surface area contributed by atoms with Crippen molar-refractivity contribution in [2.75, 3.05) is 24.5 Å². The molecule has 0 aliphatic heterocycles. The Morgan fingerprint density at radius 2 is 1.72 bits per heavy atom. The van der Waals surface area contributed by atoms with Crippen LogP contribution in [0.1, 0.15) is 36.5 Å². The Kier molecular flexibility index (Phi) is 13.4. The highest BCUT2D eigenvalue weighted by atomic mass is 79.9. The number of hydrogen-bond acceptors (Lipinski definition) is 7. The van der Waals surface area contributed by atoms with E-state index in [0.29, 0.717) is 12.1 Å². The second-order valence-electron chi connectivity index (χ2n) is 11.5. The van der Waals surface area contributed by atoms with E-state index in [-0.39, 0.29) is 35.0 Å². The number of amides is 2. The molecule has 0 saturated carbocycles. The fourth-order valence-corrected chi connectivity index (χ4v) is 7.39. The first kappa shape index (κ1) is 38.3. The summed E-state index contributed by atoms with van der Waals surface area (Å²) >= 11 is 9.82. The normalized spacial score (nSPS) is 11.8. The molecule has 0 bridgehead atoms. The van der Waals surface area contributed by atoms with E-state index in [2.05, 4.69) is 21.2 Å². The summed E-state index contributed by atoms with van der Waals surface area (Å²) in [6.07, 6.45) is 1.72. The molecule has 0 aliphatic rings. The number of unbranched alkanes of at least 4 members (excludes halogenated alkanes) is 1. The van der Waals surface area contributed by atoms with Crippen LogP contribution in [0.25, 0.3) is 0 Å². The smallest absolute Gasteiger partial charge is 0.273 e. The van der Waals surface area contributed by atoms with Gasteiger partial charge in [-0.15, -0.1) is 0 Å². The van der Waals surface area contributed by atoms with Gasteiger partial charge in [-0.1, -0.05) is 89.4 Å². The molecular formula is C36H38BrClN4O7S. The van der Waals surface area contributed by atoms with E-state index < -0.39 is 49.9 Å². The number of nitrogens with one attached hydrogen (secondary N) is 1. The molecule has 264 valence electrons. The van der Waals surface area contributed by atoms with E-state index >= 15 is 0 Å². The fourth-order valence-electron chi connectivity index (χ4n) is 5.34. The van der Waals surface area contributed by atoms with E-state index in [4.69, 9.17) is 16.3 Å². The predicted molar refractivity (Wildman–Crippen MR) is 197 cm³/mol. The zero-order valence-electron chi connectivity index (χ0n) is 27.8. The number of halogens is 2. The van der Waals surface area contributed by atoms with Gasteiger partial charge in [0, 0.05) is 40.6 Å². The van der Waals surface area contributed by atoms with Crippen LogP contribution in [0.4, 0.5) is 11.4 Å². The van der Waals surface area contributed by atoms with E-state index in [0.717, 1.165) is 33.2 Å². The number of anilines is 1. The van der Waals surface area contributed by atoms with Gasteiger partial charge in [-0.05, 0) is 60.9 Å². The molecule has 14 heteroatoms. The number of nitro benzene ring substituents is 1. The van der Waals surface area contributed by atoms with Crippen LogP contribution < -0.4 is 14.4 Å². The maximum Gasteiger partial charge on any atom is 0.273 e. The van der Waals surface area contributed by atoms with Gasteiger partial charge in [0.2, 0.25) is 11.8 Å². The number of carbonyl (C=O) groups excluding carboxylic acids is 2. The summed E-state index contributed by atoms with van der Waals surface area (Å²) in [6.45, 7) is 3.06. The lowest BCUT2D eigenvalue weighted by molar-refractivity contribution is -0.385. The molecule has 4 aromatic rings. The van der Waals surface area contributed by atoms with E-state index in [1.165, 1.54) is 49.3 Å². The fraction of sp³-hybridized carbons (Fsp3) is 0.278. The average Bonchev–Trinajstić information content (AvgIpc) is 3.09. The largest absolute Gasteiger partial charge is 0.495 e. The second-order valence-corrected chi connectivity index (χ2v) is 14.7. The molecule has 4 rings (SSSR count). The van der Waals surface area contributed by atoms with Crippen molar-refractivity contribution >= 4 is 60.7 Å². The molecule has 1 N–H and O–H groups in total. The molecule has 1 unspecified atom stereocenters. The molecule has 0 aromatic heterocycles. The third-order valence-corrected chi connectivity index (χ3v) is 10.5. The van der Waals surface area contributed by atoms with Crippen molar-refractivity contribution in [1.29, 1.82) is 0 Å². The molecule has 50 heavy (non-hydrogen) atoms. The Bertz CT molecular complexity index is 1950. The minimum absolute atomic E-state index is 0.0342. The van der Waals surface area contributed by atoms with Crippen LogP contribution in [0.3, 0.4) is 0 Å². The zero-order chi connectivity index (χ0) is 36.4. The lowest BCUT2D eigenvalue weighted by Gasteiger charge is -2.34. The van der Waals surface area contributed by atoms with Gasteiger partial charge in [-0.2, -0.15) is 0 Å².